The first kappa shape index (κ1) is 11.3. The fraction of sp³-hybridized carbons (Fsp3) is 0.636. The maximum absolute atomic E-state index is 5.52. The molecule has 0 spiro atoms. The molecule has 0 aromatic carbocycles. The zero-order chi connectivity index (χ0) is 10.6. The third-order valence-electron chi connectivity index (χ3n) is 2.45. The summed E-state index contributed by atoms with van der Waals surface area (Å²) >= 11 is 0. The van der Waals surface area contributed by atoms with Crippen LogP contribution in [0.5, 0.6) is 0 Å². The van der Waals surface area contributed by atoms with Gasteiger partial charge in [0.1, 0.15) is 11.5 Å². The summed E-state index contributed by atoms with van der Waals surface area (Å²) in [5.74, 6) is 2.02. The van der Waals surface area contributed by atoms with Gasteiger partial charge < -0.3 is 9.73 Å². The molecule has 0 fully saturated rings. The van der Waals surface area contributed by atoms with Crippen molar-refractivity contribution in [1.82, 2.24) is 10.2 Å². The smallest absolute Gasteiger partial charge is 0.118 e. The SMILES string of the molecule is CNCC(C)N(C)Cc1ccc(C)o1. The van der Waals surface area contributed by atoms with Gasteiger partial charge in [-0.15, -0.1) is 0 Å². The summed E-state index contributed by atoms with van der Waals surface area (Å²) in [6.45, 7) is 6.04. The summed E-state index contributed by atoms with van der Waals surface area (Å²) < 4.78 is 5.52. The van der Waals surface area contributed by atoms with Crippen LogP contribution < -0.4 is 5.32 Å². The fourth-order valence-corrected chi connectivity index (χ4v) is 1.42. The van der Waals surface area contributed by atoms with Crippen LogP contribution in [0.15, 0.2) is 16.5 Å². The lowest BCUT2D eigenvalue weighted by atomic mass is 10.3. The number of likely N-dealkylation sites (N-methyl/N-ethyl adjacent to an activating group) is 2. The summed E-state index contributed by atoms with van der Waals surface area (Å²) in [6.07, 6.45) is 0. The summed E-state index contributed by atoms with van der Waals surface area (Å²) in [7, 11) is 4.08. The summed E-state index contributed by atoms with van der Waals surface area (Å²) in [6, 6.07) is 4.56. The van der Waals surface area contributed by atoms with Gasteiger partial charge >= 0.3 is 0 Å². The van der Waals surface area contributed by atoms with Crippen LogP contribution in [0.1, 0.15) is 18.4 Å². The lowest BCUT2D eigenvalue weighted by Gasteiger charge is -2.23. The first-order valence-electron chi connectivity index (χ1n) is 5.03. The Labute approximate surface area is 86.1 Å². The molecular formula is C11H20N2O. The van der Waals surface area contributed by atoms with Gasteiger partial charge in [-0.1, -0.05) is 0 Å². The van der Waals surface area contributed by atoms with Gasteiger partial charge in [-0.05, 0) is 40.1 Å². The van der Waals surface area contributed by atoms with E-state index in [0.29, 0.717) is 6.04 Å². The van der Waals surface area contributed by atoms with Crippen molar-refractivity contribution >= 4 is 0 Å². The number of nitrogens with zero attached hydrogens (tertiary/aromatic N) is 1. The van der Waals surface area contributed by atoms with Crippen molar-refractivity contribution in [1.29, 1.82) is 0 Å². The highest BCUT2D eigenvalue weighted by Gasteiger charge is 2.09. The third-order valence-corrected chi connectivity index (χ3v) is 2.45. The van der Waals surface area contributed by atoms with Gasteiger partial charge in [0.15, 0.2) is 0 Å². The molecule has 0 aliphatic rings. The summed E-state index contributed by atoms with van der Waals surface area (Å²) in [5.41, 5.74) is 0. The quantitative estimate of drug-likeness (QED) is 0.776. The summed E-state index contributed by atoms with van der Waals surface area (Å²) in [4.78, 5) is 2.27. The largest absolute Gasteiger partial charge is 0.465 e. The highest BCUT2D eigenvalue weighted by Crippen LogP contribution is 2.09. The van der Waals surface area contributed by atoms with Crippen LogP contribution in [-0.2, 0) is 6.54 Å². The molecule has 1 aromatic rings. The molecule has 0 aliphatic carbocycles. The van der Waals surface area contributed by atoms with Crippen molar-refractivity contribution in [2.24, 2.45) is 0 Å². The molecule has 0 saturated heterocycles. The maximum Gasteiger partial charge on any atom is 0.118 e. The molecule has 0 aliphatic heterocycles. The molecule has 1 N–H and O–H groups in total. The molecule has 3 heteroatoms. The van der Waals surface area contributed by atoms with Gasteiger partial charge in [-0.3, -0.25) is 4.90 Å². The Morgan fingerprint density at radius 1 is 1.50 bits per heavy atom. The molecule has 1 rings (SSSR count). The van der Waals surface area contributed by atoms with Crippen LogP contribution in [0.25, 0.3) is 0 Å². The number of hydrogen-bond acceptors (Lipinski definition) is 3. The Bertz CT molecular complexity index is 270. The van der Waals surface area contributed by atoms with E-state index in [0.717, 1.165) is 24.6 Å². The van der Waals surface area contributed by atoms with Crippen LogP contribution in [0, 0.1) is 6.92 Å². The Kier molecular flexibility index (Phi) is 4.17. The van der Waals surface area contributed by atoms with Crippen LogP contribution in [0.2, 0.25) is 0 Å². The van der Waals surface area contributed by atoms with E-state index in [4.69, 9.17) is 4.42 Å². The lowest BCUT2D eigenvalue weighted by molar-refractivity contribution is 0.226. The first-order valence-corrected chi connectivity index (χ1v) is 5.03. The second-order valence-electron chi connectivity index (χ2n) is 3.83. The van der Waals surface area contributed by atoms with Gasteiger partial charge in [0, 0.05) is 12.6 Å². The minimum atomic E-state index is 0.519. The minimum absolute atomic E-state index is 0.519. The molecule has 14 heavy (non-hydrogen) atoms. The normalized spacial score (nSPS) is 13.5. The minimum Gasteiger partial charge on any atom is -0.465 e. The molecule has 0 saturated carbocycles. The van der Waals surface area contributed by atoms with Crippen molar-refractivity contribution in [3.8, 4) is 0 Å². The van der Waals surface area contributed by atoms with Crippen molar-refractivity contribution in [3.05, 3.63) is 23.7 Å². The highest BCUT2D eigenvalue weighted by molar-refractivity contribution is 5.05. The second kappa shape index (κ2) is 5.17. The molecule has 3 nitrogen and oxygen atoms in total. The van der Waals surface area contributed by atoms with E-state index in [1.165, 1.54) is 0 Å². The van der Waals surface area contributed by atoms with E-state index < -0.39 is 0 Å². The molecule has 1 unspecified atom stereocenters. The number of furan rings is 1. The lowest BCUT2D eigenvalue weighted by Crippen LogP contribution is -2.36. The van der Waals surface area contributed by atoms with E-state index in [-0.39, 0.29) is 0 Å². The first-order chi connectivity index (χ1) is 6.63. The predicted octanol–water partition coefficient (Wildman–Crippen LogP) is 1.63. The fourth-order valence-electron chi connectivity index (χ4n) is 1.42. The van der Waals surface area contributed by atoms with Crippen molar-refractivity contribution < 1.29 is 4.42 Å². The molecule has 0 radical (unpaired) electrons. The van der Waals surface area contributed by atoms with Crippen LogP contribution in [-0.4, -0.2) is 31.6 Å². The zero-order valence-electron chi connectivity index (χ0n) is 9.50. The standard InChI is InChI=1S/C11H20N2O/c1-9(7-12-3)13(4)8-11-6-5-10(2)14-11/h5-6,9,12H,7-8H2,1-4H3. The van der Waals surface area contributed by atoms with E-state index in [2.05, 4.69) is 24.2 Å². The van der Waals surface area contributed by atoms with E-state index in [9.17, 15) is 0 Å². The number of hydrogen-bond donors (Lipinski definition) is 1. The van der Waals surface area contributed by atoms with Gasteiger partial charge in [0.25, 0.3) is 0 Å². The molecular weight excluding hydrogens is 176 g/mol. The second-order valence-corrected chi connectivity index (χ2v) is 3.83. The predicted molar refractivity (Wildman–Crippen MR) is 58.3 cm³/mol. The average Bonchev–Trinajstić information content (AvgIpc) is 2.51. The van der Waals surface area contributed by atoms with Crippen molar-refractivity contribution in [2.45, 2.75) is 26.4 Å². The van der Waals surface area contributed by atoms with E-state index >= 15 is 0 Å². The Balaban J connectivity index is 2.43. The highest BCUT2D eigenvalue weighted by atomic mass is 16.3. The molecule has 1 heterocycles. The van der Waals surface area contributed by atoms with Crippen LogP contribution >= 0.6 is 0 Å². The Morgan fingerprint density at radius 2 is 2.21 bits per heavy atom. The van der Waals surface area contributed by atoms with Crippen LogP contribution in [0.4, 0.5) is 0 Å². The van der Waals surface area contributed by atoms with E-state index in [1.807, 2.05) is 26.1 Å². The number of rotatable bonds is 5. The van der Waals surface area contributed by atoms with Gasteiger partial charge in [-0.25, -0.2) is 0 Å². The summed E-state index contributed by atoms with van der Waals surface area (Å²) in [5, 5.41) is 3.17. The van der Waals surface area contributed by atoms with Gasteiger partial charge in [-0.2, -0.15) is 0 Å². The van der Waals surface area contributed by atoms with Gasteiger partial charge in [0.05, 0.1) is 6.54 Å². The molecule has 80 valence electrons. The van der Waals surface area contributed by atoms with E-state index in [1.54, 1.807) is 0 Å². The Hall–Kier alpha value is -0.800. The number of nitrogens with one attached hydrogen (secondary N) is 1. The van der Waals surface area contributed by atoms with Crippen molar-refractivity contribution in [2.75, 3.05) is 20.6 Å². The molecule has 1 aromatic heterocycles. The third kappa shape index (κ3) is 3.16. The topological polar surface area (TPSA) is 28.4 Å². The van der Waals surface area contributed by atoms with Crippen molar-refractivity contribution in [3.63, 3.8) is 0 Å². The Morgan fingerprint density at radius 3 is 2.71 bits per heavy atom. The van der Waals surface area contributed by atoms with Gasteiger partial charge in [0.2, 0.25) is 0 Å². The van der Waals surface area contributed by atoms with Crippen LogP contribution in [0.3, 0.4) is 0 Å². The zero-order valence-corrected chi connectivity index (χ0v) is 9.50. The number of aryl methyl sites for hydroxylation is 1. The average molecular weight is 196 g/mol. The maximum atomic E-state index is 5.52. The molecule has 0 bridgehead atoms. The molecule has 1 atom stereocenters. The monoisotopic (exact) mass is 196 g/mol. The molecule has 0 amide bonds.